The first-order valence-electron chi connectivity index (χ1n) is 3.77. The maximum absolute atomic E-state index is 6.82. The lowest BCUT2D eigenvalue weighted by Crippen LogP contribution is -2.02. The van der Waals surface area contributed by atoms with Crippen molar-refractivity contribution in [1.29, 1.82) is 5.41 Å². The molecule has 1 nitrogen and oxygen atoms in total. The Hall–Kier alpha value is 0.0200. The van der Waals surface area contributed by atoms with Crippen LogP contribution in [0.1, 0.15) is 27.2 Å². The third kappa shape index (κ3) is 6.14. The van der Waals surface area contributed by atoms with E-state index in [1.54, 1.807) is 11.8 Å². The van der Waals surface area contributed by atoms with E-state index < -0.39 is 0 Å². The molecule has 0 aliphatic rings. The van der Waals surface area contributed by atoms with Crippen molar-refractivity contribution in [1.82, 2.24) is 0 Å². The monoisotopic (exact) mass is 159 g/mol. The van der Waals surface area contributed by atoms with Gasteiger partial charge in [0.25, 0.3) is 0 Å². The maximum Gasteiger partial charge on any atom is 0.0506 e. The van der Waals surface area contributed by atoms with E-state index in [4.69, 9.17) is 5.41 Å². The van der Waals surface area contributed by atoms with Crippen molar-refractivity contribution in [3.63, 3.8) is 0 Å². The zero-order valence-electron chi connectivity index (χ0n) is 7.05. The highest BCUT2D eigenvalue weighted by molar-refractivity contribution is 8.11. The second kappa shape index (κ2) is 5.78. The lowest BCUT2D eigenvalue weighted by atomic mass is 10.0. The number of thioether (sulfide) groups is 1. The molecule has 10 heavy (non-hydrogen) atoms. The highest BCUT2D eigenvalue weighted by atomic mass is 32.2. The molecule has 0 amide bonds. The molecule has 60 valence electrons. The molecule has 0 aliphatic heterocycles. The Labute approximate surface area is 68.1 Å². The van der Waals surface area contributed by atoms with Crippen LogP contribution in [0.4, 0.5) is 0 Å². The Morgan fingerprint density at radius 3 is 2.40 bits per heavy atom. The van der Waals surface area contributed by atoms with Gasteiger partial charge in [-0.2, -0.15) is 0 Å². The molecule has 2 heteroatoms. The van der Waals surface area contributed by atoms with Crippen molar-refractivity contribution in [3.8, 4) is 0 Å². The third-order valence-corrected chi connectivity index (χ3v) is 2.27. The van der Waals surface area contributed by atoms with Crippen LogP contribution >= 0.6 is 11.8 Å². The highest BCUT2D eigenvalue weighted by Crippen LogP contribution is 2.14. The van der Waals surface area contributed by atoms with Crippen LogP contribution < -0.4 is 0 Å². The molecule has 0 radical (unpaired) electrons. The van der Waals surface area contributed by atoms with Gasteiger partial charge in [-0.15, -0.1) is 11.8 Å². The summed E-state index contributed by atoms with van der Waals surface area (Å²) in [5.74, 6) is 2.65. The second-order valence-corrected chi connectivity index (χ2v) is 4.09. The summed E-state index contributed by atoms with van der Waals surface area (Å²) in [5.41, 5.74) is 1.43. The lowest BCUT2D eigenvalue weighted by Gasteiger charge is -2.11. The number of nitrogens with one attached hydrogen (secondary N) is 1. The van der Waals surface area contributed by atoms with Crippen LogP contribution in [0.5, 0.6) is 0 Å². The summed E-state index contributed by atoms with van der Waals surface area (Å²) in [6.07, 6.45) is 1.28. The minimum absolute atomic E-state index is 0.756. The van der Waals surface area contributed by atoms with Crippen molar-refractivity contribution in [2.45, 2.75) is 27.2 Å². The molecule has 0 spiro atoms. The van der Waals surface area contributed by atoms with Crippen molar-refractivity contribution >= 4 is 17.3 Å². The molecule has 1 N–H and O–H groups in total. The normalized spacial score (nSPS) is 13.6. The zero-order valence-corrected chi connectivity index (χ0v) is 7.87. The van der Waals surface area contributed by atoms with Crippen LogP contribution in [0.15, 0.2) is 0 Å². The highest BCUT2D eigenvalue weighted by Gasteiger charge is 2.03. The van der Waals surface area contributed by atoms with Gasteiger partial charge < -0.3 is 5.41 Å². The van der Waals surface area contributed by atoms with Gasteiger partial charge in [-0.05, 0) is 18.3 Å². The molecule has 0 saturated carbocycles. The van der Waals surface area contributed by atoms with Crippen molar-refractivity contribution < 1.29 is 0 Å². The van der Waals surface area contributed by atoms with E-state index in [9.17, 15) is 0 Å². The fourth-order valence-electron chi connectivity index (χ4n) is 1.09. The average Bonchev–Trinajstić information content (AvgIpc) is 1.82. The molecule has 0 aliphatic carbocycles. The first-order chi connectivity index (χ1) is 4.66. The summed E-state index contributed by atoms with van der Waals surface area (Å²) in [6, 6.07) is 0. The minimum Gasteiger partial charge on any atom is -0.302 e. The van der Waals surface area contributed by atoms with Gasteiger partial charge in [0.05, 0.1) is 5.55 Å². The summed E-state index contributed by atoms with van der Waals surface area (Å²) < 4.78 is 0. The molecule has 0 aromatic carbocycles. The van der Waals surface area contributed by atoms with Gasteiger partial charge in [-0.3, -0.25) is 0 Å². The standard InChI is InChI=1S/C8H17NS/c1-7(2)4-8(3)5-10-6-9/h6-9H,4-5H2,1-3H3. The first kappa shape index (κ1) is 10.0. The second-order valence-electron chi connectivity index (χ2n) is 3.19. The van der Waals surface area contributed by atoms with Gasteiger partial charge in [0.15, 0.2) is 0 Å². The Kier molecular flexibility index (Phi) is 5.79. The van der Waals surface area contributed by atoms with Crippen molar-refractivity contribution in [2.75, 3.05) is 5.75 Å². The van der Waals surface area contributed by atoms with E-state index in [1.165, 1.54) is 12.0 Å². The predicted molar refractivity (Wildman–Crippen MR) is 49.9 cm³/mol. The van der Waals surface area contributed by atoms with E-state index in [0.29, 0.717) is 0 Å². The summed E-state index contributed by atoms with van der Waals surface area (Å²) in [5, 5.41) is 6.82. The van der Waals surface area contributed by atoms with E-state index in [-0.39, 0.29) is 0 Å². The van der Waals surface area contributed by atoms with E-state index in [1.807, 2.05) is 0 Å². The number of hydrogen-bond donors (Lipinski definition) is 1. The third-order valence-electron chi connectivity index (χ3n) is 1.34. The van der Waals surface area contributed by atoms with Crippen molar-refractivity contribution in [2.24, 2.45) is 11.8 Å². The Balaban J connectivity index is 3.24. The van der Waals surface area contributed by atoms with Gasteiger partial charge in [0.2, 0.25) is 0 Å². The molecule has 0 fully saturated rings. The fourth-order valence-corrected chi connectivity index (χ4v) is 1.65. The van der Waals surface area contributed by atoms with E-state index >= 15 is 0 Å². The largest absolute Gasteiger partial charge is 0.302 e. The molecule has 0 aromatic rings. The SMILES string of the molecule is CC(C)CC(C)CSC=N. The van der Waals surface area contributed by atoms with Gasteiger partial charge in [-0.25, -0.2) is 0 Å². The van der Waals surface area contributed by atoms with E-state index in [2.05, 4.69) is 20.8 Å². The maximum atomic E-state index is 6.82. The molecular formula is C8H17NS. The smallest absolute Gasteiger partial charge is 0.0506 e. The number of rotatable bonds is 5. The summed E-state index contributed by atoms with van der Waals surface area (Å²) >= 11 is 1.60. The van der Waals surface area contributed by atoms with Crippen LogP contribution in [0.25, 0.3) is 0 Å². The molecule has 0 saturated heterocycles. The van der Waals surface area contributed by atoms with Crippen LogP contribution in [0.3, 0.4) is 0 Å². The molecule has 1 atom stereocenters. The van der Waals surface area contributed by atoms with Gasteiger partial charge >= 0.3 is 0 Å². The Morgan fingerprint density at radius 2 is 2.00 bits per heavy atom. The summed E-state index contributed by atoms with van der Waals surface area (Å²) in [6.45, 7) is 6.73. The van der Waals surface area contributed by atoms with Gasteiger partial charge in [0.1, 0.15) is 0 Å². The molecule has 0 bridgehead atoms. The lowest BCUT2D eigenvalue weighted by molar-refractivity contribution is 0.475. The quantitative estimate of drug-likeness (QED) is 0.484. The van der Waals surface area contributed by atoms with Gasteiger partial charge in [0, 0.05) is 5.75 Å². The van der Waals surface area contributed by atoms with Crippen LogP contribution in [0, 0.1) is 17.2 Å². The summed E-state index contributed by atoms with van der Waals surface area (Å²) in [4.78, 5) is 0. The fraction of sp³-hybridized carbons (Fsp3) is 0.875. The predicted octanol–water partition coefficient (Wildman–Crippen LogP) is 3.01. The van der Waals surface area contributed by atoms with Crippen LogP contribution in [-0.2, 0) is 0 Å². The topological polar surface area (TPSA) is 23.9 Å². The molecule has 0 rings (SSSR count). The zero-order chi connectivity index (χ0) is 7.98. The Morgan fingerprint density at radius 1 is 1.40 bits per heavy atom. The van der Waals surface area contributed by atoms with E-state index in [0.717, 1.165) is 17.6 Å². The minimum atomic E-state index is 0.756. The molecular weight excluding hydrogens is 142 g/mol. The van der Waals surface area contributed by atoms with Crippen LogP contribution in [-0.4, -0.2) is 11.3 Å². The first-order valence-corrected chi connectivity index (χ1v) is 4.82. The van der Waals surface area contributed by atoms with Crippen LogP contribution in [0.2, 0.25) is 0 Å². The molecule has 0 aromatic heterocycles. The molecule has 0 heterocycles. The average molecular weight is 159 g/mol. The van der Waals surface area contributed by atoms with Gasteiger partial charge in [-0.1, -0.05) is 20.8 Å². The molecule has 1 unspecified atom stereocenters. The Bertz CT molecular complexity index is 91.3. The summed E-state index contributed by atoms with van der Waals surface area (Å²) in [7, 11) is 0. The number of hydrogen-bond acceptors (Lipinski definition) is 2. The van der Waals surface area contributed by atoms with Crippen molar-refractivity contribution in [3.05, 3.63) is 0 Å².